The summed E-state index contributed by atoms with van der Waals surface area (Å²) in [5.41, 5.74) is 7.30. The molecule has 0 aromatic carbocycles. The molecule has 0 atom stereocenters. The van der Waals surface area contributed by atoms with Crippen LogP contribution in [0, 0.1) is 6.92 Å². The van der Waals surface area contributed by atoms with Gasteiger partial charge in [-0.15, -0.1) is 0 Å². The van der Waals surface area contributed by atoms with Gasteiger partial charge in [-0.3, -0.25) is 4.79 Å². The van der Waals surface area contributed by atoms with Gasteiger partial charge >= 0.3 is 0 Å². The van der Waals surface area contributed by atoms with Crippen LogP contribution in [-0.4, -0.2) is 9.55 Å². The van der Waals surface area contributed by atoms with Crippen molar-refractivity contribution in [2.75, 3.05) is 5.73 Å². The Kier molecular flexibility index (Phi) is 2.72. The summed E-state index contributed by atoms with van der Waals surface area (Å²) >= 11 is 0. The summed E-state index contributed by atoms with van der Waals surface area (Å²) in [5.74, 6) is 0.470. The van der Waals surface area contributed by atoms with Gasteiger partial charge in [0.15, 0.2) is 0 Å². The van der Waals surface area contributed by atoms with Crippen molar-refractivity contribution < 1.29 is 0 Å². The van der Waals surface area contributed by atoms with Crippen LogP contribution < -0.4 is 11.3 Å². The van der Waals surface area contributed by atoms with Crippen LogP contribution >= 0.6 is 0 Å². The summed E-state index contributed by atoms with van der Waals surface area (Å²) in [7, 11) is 0. The Labute approximate surface area is 93.4 Å². The zero-order chi connectivity index (χ0) is 11.5. The number of nitrogens with zero attached hydrogens (tertiary/aromatic N) is 2. The molecule has 2 aromatic rings. The van der Waals surface area contributed by atoms with Crippen molar-refractivity contribution in [1.82, 2.24) is 9.55 Å². The van der Waals surface area contributed by atoms with Gasteiger partial charge in [-0.05, 0) is 30.7 Å². The molecule has 4 nitrogen and oxygen atoms in total. The van der Waals surface area contributed by atoms with Crippen molar-refractivity contribution in [2.24, 2.45) is 0 Å². The van der Waals surface area contributed by atoms with Gasteiger partial charge in [-0.1, -0.05) is 6.07 Å². The molecule has 82 valence electrons. The van der Waals surface area contributed by atoms with E-state index in [2.05, 4.69) is 4.98 Å². The van der Waals surface area contributed by atoms with E-state index < -0.39 is 0 Å². The first kappa shape index (κ1) is 10.4. The number of nitrogens with two attached hydrogens (primary N) is 1. The van der Waals surface area contributed by atoms with E-state index in [1.807, 2.05) is 25.1 Å². The minimum Gasteiger partial charge on any atom is -0.384 e. The fraction of sp³-hybridized carbons (Fsp3) is 0.167. The molecule has 16 heavy (non-hydrogen) atoms. The Balaban J connectivity index is 2.31. The van der Waals surface area contributed by atoms with E-state index in [0.717, 1.165) is 11.3 Å². The summed E-state index contributed by atoms with van der Waals surface area (Å²) in [6, 6.07) is 8.90. The van der Waals surface area contributed by atoms with Crippen molar-refractivity contribution in [3.63, 3.8) is 0 Å². The van der Waals surface area contributed by atoms with E-state index in [4.69, 9.17) is 5.73 Å². The van der Waals surface area contributed by atoms with E-state index in [-0.39, 0.29) is 5.56 Å². The van der Waals surface area contributed by atoms with Crippen LogP contribution in [-0.2, 0) is 6.54 Å². The zero-order valence-electron chi connectivity index (χ0n) is 9.05. The first-order valence-corrected chi connectivity index (χ1v) is 5.03. The molecule has 2 aromatic heterocycles. The lowest BCUT2D eigenvalue weighted by molar-refractivity contribution is 0.738. The molecule has 4 heteroatoms. The molecule has 2 N–H and O–H groups in total. The second-order valence-corrected chi connectivity index (χ2v) is 3.72. The predicted molar refractivity (Wildman–Crippen MR) is 63.2 cm³/mol. The Hall–Kier alpha value is -2.10. The molecule has 0 amide bonds. The van der Waals surface area contributed by atoms with Gasteiger partial charge in [-0.25, -0.2) is 4.98 Å². The Morgan fingerprint density at radius 2 is 2.19 bits per heavy atom. The monoisotopic (exact) mass is 215 g/mol. The van der Waals surface area contributed by atoms with Gasteiger partial charge in [0.05, 0.1) is 12.2 Å². The maximum Gasteiger partial charge on any atom is 0.251 e. The van der Waals surface area contributed by atoms with Gasteiger partial charge in [0, 0.05) is 12.3 Å². The Bertz CT molecular complexity index is 560. The van der Waals surface area contributed by atoms with Crippen LogP contribution in [0.2, 0.25) is 0 Å². The summed E-state index contributed by atoms with van der Waals surface area (Å²) in [6.07, 6.45) is 1.77. The predicted octanol–water partition coefficient (Wildman–Crippen LogP) is 1.18. The van der Waals surface area contributed by atoms with Crippen molar-refractivity contribution in [1.29, 1.82) is 0 Å². The maximum atomic E-state index is 11.6. The molecule has 2 heterocycles. The summed E-state index contributed by atoms with van der Waals surface area (Å²) in [5, 5.41) is 0. The van der Waals surface area contributed by atoms with Crippen LogP contribution in [0.5, 0.6) is 0 Å². The highest BCUT2D eigenvalue weighted by atomic mass is 16.1. The van der Waals surface area contributed by atoms with Gasteiger partial charge < -0.3 is 10.3 Å². The fourth-order valence-corrected chi connectivity index (χ4v) is 1.50. The Morgan fingerprint density at radius 1 is 1.38 bits per heavy atom. The van der Waals surface area contributed by atoms with E-state index in [9.17, 15) is 4.79 Å². The third kappa shape index (κ3) is 2.28. The molecule has 0 aliphatic rings. The molecule has 0 spiro atoms. The molecule has 0 saturated heterocycles. The average molecular weight is 215 g/mol. The summed E-state index contributed by atoms with van der Waals surface area (Å²) in [6.45, 7) is 2.34. The minimum atomic E-state index is -0.0239. The fourth-order valence-electron chi connectivity index (χ4n) is 1.50. The van der Waals surface area contributed by atoms with Gasteiger partial charge in [0.1, 0.15) is 5.82 Å². The van der Waals surface area contributed by atoms with Gasteiger partial charge in [0.2, 0.25) is 0 Å². The summed E-state index contributed by atoms with van der Waals surface area (Å²) in [4.78, 5) is 15.8. The lowest BCUT2D eigenvalue weighted by Crippen LogP contribution is -2.19. The first-order chi connectivity index (χ1) is 7.65. The van der Waals surface area contributed by atoms with Crippen LogP contribution in [0.3, 0.4) is 0 Å². The number of rotatable bonds is 2. The summed E-state index contributed by atoms with van der Waals surface area (Å²) < 4.78 is 1.61. The highest BCUT2D eigenvalue weighted by Gasteiger charge is 1.99. The van der Waals surface area contributed by atoms with E-state index >= 15 is 0 Å². The van der Waals surface area contributed by atoms with Crippen LogP contribution in [0.1, 0.15) is 11.3 Å². The standard InChI is InChI=1S/C12H13N3O/c1-9-5-6-15(12(16)7-9)8-10-3-2-4-11(13)14-10/h2-7H,8H2,1H3,(H2,13,14). The zero-order valence-corrected chi connectivity index (χ0v) is 9.05. The molecule has 0 radical (unpaired) electrons. The van der Waals surface area contributed by atoms with Crippen molar-refractivity contribution in [3.05, 3.63) is 58.1 Å². The molecule has 0 aliphatic heterocycles. The number of pyridine rings is 2. The van der Waals surface area contributed by atoms with E-state index in [0.29, 0.717) is 12.4 Å². The second kappa shape index (κ2) is 4.18. The SMILES string of the molecule is Cc1ccn(Cc2cccc(N)n2)c(=O)c1. The minimum absolute atomic E-state index is 0.0239. The Morgan fingerprint density at radius 3 is 2.88 bits per heavy atom. The average Bonchev–Trinajstić information content (AvgIpc) is 2.22. The van der Waals surface area contributed by atoms with Crippen molar-refractivity contribution in [2.45, 2.75) is 13.5 Å². The quantitative estimate of drug-likeness (QED) is 0.818. The lowest BCUT2D eigenvalue weighted by Gasteiger charge is -2.05. The number of nitrogen functional groups attached to an aromatic ring is 1. The van der Waals surface area contributed by atoms with Gasteiger partial charge in [0.25, 0.3) is 5.56 Å². The molecule has 2 rings (SSSR count). The van der Waals surface area contributed by atoms with E-state index in [1.165, 1.54) is 0 Å². The van der Waals surface area contributed by atoms with Crippen molar-refractivity contribution in [3.8, 4) is 0 Å². The van der Waals surface area contributed by atoms with Crippen molar-refractivity contribution >= 4 is 5.82 Å². The van der Waals surface area contributed by atoms with E-state index in [1.54, 1.807) is 22.9 Å². The third-order valence-corrected chi connectivity index (χ3v) is 2.31. The number of hydrogen-bond acceptors (Lipinski definition) is 3. The van der Waals surface area contributed by atoms with Crippen LogP contribution in [0.25, 0.3) is 0 Å². The third-order valence-electron chi connectivity index (χ3n) is 2.31. The van der Waals surface area contributed by atoms with Gasteiger partial charge in [-0.2, -0.15) is 0 Å². The molecule has 0 unspecified atom stereocenters. The normalized spacial score (nSPS) is 10.3. The lowest BCUT2D eigenvalue weighted by atomic mass is 10.3. The molecule has 0 aliphatic carbocycles. The molecular weight excluding hydrogens is 202 g/mol. The topological polar surface area (TPSA) is 60.9 Å². The van der Waals surface area contributed by atoms with Crippen LogP contribution in [0.4, 0.5) is 5.82 Å². The highest BCUT2D eigenvalue weighted by Crippen LogP contribution is 2.02. The second-order valence-electron chi connectivity index (χ2n) is 3.72. The number of aryl methyl sites for hydroxylation is 1. The smallest absolute Gasteiger partial charge is 0.251 e. The molecule has 0 fully saturated rings. The number of aromatic nitrogens is 2. The maximum absolute atomic E-state index is 11.6. The molecular formula is C12H13N3O. The highest BCUT2D eigenvalue weighted by molar-refractivity contribution is 5.28. The van der Waals surface area contributed by atoms with Crippen LogP contribution in [0.15, 0.2) is 41.3 Å². The molecule has 0 saturated carbocycles. The largest absolute Gasteiger partial charge is 0.384 e. The number of hydrogen-bond donors (Lipinski definition) is 1. The molecule has 0 bridgehead atoms. The number of anilines is 1. The first-order valence-electron chi connectivity index (χ1n) is 5.03.